The third-order valence-electron chi connectivity index (χ3n) is 3.38. The number of rotatable bonds is 7. The number of hydrogen-bond donors (Lipinski definition) is 2. The molecule has 0 radical (unpaired) electrons. The maximum absolute atomic E-state index is 12.5. The summed E-state index contributed by atoms with van der Waals surface area (Å²) < 4.78 is 5.10. The van der Waals surface area contributed by atoms with Crippen molar-refractivity contribution in [3.05, 3.63) is 35.7 Å². The first-order chi connectivity index (χ1) is 11.0. The Hall–Kier alpha value is -2.70. The molecule has 122 valence electrons. The van der Waals surface area contributed by atoms with Crippen LogP contribution in [-0.4, -0.2) is 33.2 Å². The molecule has 7 nitrogen and oxygen atoms in total. The van der Waals surface area contributed by atoms with Crippen LogP contribution in [0.3, 0.4) is 0 Å². The second-order valence-electron chi connectivity index (χ2n) is 5.20. The number of carboxylic acid groups (broad SMARTS) is 1. The number of carbonyl (C=O) groups is 2. The summed E-state index contributed by atoms with van der Waals surface area (Å²) in [6.07, 6.45) is 1.97. The van der Waals surface area contributed by atoms with Crippen molar-refractivity contribution in [2.75, 3.05) is 0 Å². The van der Waals surface area contributed by atoms with Gasteiger partial charge in [-0.3, -0.25) is 4.79 Å². The number of amides is 1. The normalized spacial score (nSPS) is 11.9. The van der Waals surface area contributed by atoms with Gasteiger partial charge in [0.1, 0.15) is 6.04 Å². The fraction of sp³-hybridized carbons (Fsp3) is 0.375. The molecule has 2 aromatic rings. The minimum absolute atomic E-state index is 0.230. The van der Waals surface area contributed by atoms with E-state index in [9.17, 15) is 14.7 Å². The van der Waals surface area contributed by atoms with E-state index in [-0.39, 0.29) is 5.89 Å². The maximum atomic E-state index is 12.5. The van der Waals surface area contributed by atoms with Gasteiger partial charge in [0.15, 0.2) is 5.82 Å². The highest BCUT2D eigenvalue weighted by molar-refractivity contribution is 6.01. The van der Waals surface area contributed by atoms with Crippen LogP contribution in [0.1, 0.15) is 42.4 Å². The molecule has 1 aromatic heterocycles. The summed E-state index contributed by atoms with van der Waals surface area (Å²) in [5.41, 5.74) is 0.782. The van der Waals surface area contributed by atoms with E-state index >= 15 is 0 Å². The lowest BCUT2D eigenvalue weighted by Crippen LogP contribution is -2.40. The number of carboxylic acids is 1. The fourth-order valence-corrected chi connectivity index (χ4v) is 2.18. The van der Waals surface area contributed by atoms with Gasteiger partial charge >= 0.3 is 5.97 Å². The van der Waals surface area contributed by atoms with Crippen LogP contribution in [0.5, 0.6) is 0 Å². The Morgan fingerprint density at radius 1 is 1.35 bits per heavy atom. The van der Waals surface area contributed by atoms with Crippen molar-refractivity contribution in [2.24, 2.45) is 0 Å². The SMILES string of the molecule is CCCCC(NC(=O)c1ccccc1-c1nc(C)no1)C(=O)O. The minimum Gasteiger partial charge on any atom is -0.480 e. The molecule has 1 atom stereocenters. The predicted molar refractivity (Wildman–Crippen MR) is 82.9 cm³/mol. The number of carbonyl (C=O) groups excluding carboxylic acids is 1. The molecule has 0 aliphatic rings. The number of hydrogen-bond acceptors (Lipinski definition) is 5. The lowest BCUT2D eigenvalue weighted by molar-refractivity contribution is -0.139. The monoisotopic (exact) mass is 317 g/mol. The van der Waals surface area contributed by atoms with Crippen LogP contribution in [0.4, 0.5) is 0 Å². The molecule has 23 heavy (non-hydrogen) atoms. The molecule has 0 aliphatic heterocycles. The highest BCUT2D eigenvalue weighted by Crippen LogP contribution is 2.22. The number of nitrogens with one attached hydrogen (secondary N) is 1. The third kappa shape index (κ3) is 4.15. The van der Waals surface area contributed by atoms with Crippen LogP contribution in [0, 0.1) is 6.92 Å². The highest BCUT2D eigenvalue weighted by Gasteiger charge is 2.23. The summed E-state index contributed by atoms with van der Waals surface area (Å²) in [6.45, 7) is 3.65. The highest BCUT2D eigenvalue weighted by atomic mass is 16.5. The van der Waals surface area contributed by atoms with E-state index in [0.29, 0.717) is 23.4 Å². The molecule has 0 saturated carbocycles. The summed E-state index contributed by atoms with van der Waals surface area (Å²) in [7, 11) is 0. The number of benzene rings is 1. The van der Waals surface area contributed by atoms with Crippen LogP contribution in [-0.2, 0) is 4.79 Å². The van der Waals surface area contributed by atoms with E-state index < -0.39 is 17.9 Å². The Morgan fingerprint density at radius 3 is 2.70 bits per heavy atom. The molecule has 0 spiro atoms. The van der Waals surface area contributed by atoms with Gasteiger partial charge in [-0.15, -0.1) is 0 Å². The van der Waals surface area contributed by atoms with E-state index in [1.54, 1.807) is 31.2 Å². The van der Waals surface area contributed by atoms with Gasteiger partial charge in [0.25, 0.3) is 11.8 Å². The van der Waals surface area contributed by atoms with Crippen molar-refractivity contribution in [1.29, 1.82) is 0 Å². The molecule has 0 aliphatic carbocycles. The Labute approximate surface area is 133 Å². The van der Waals surface area contributed by atoms with Crippen molar-refractivity contribution < 1.29 is 19.2 Å². The second kappa shape index (κ2) is 7.53. The number of nitrogens with zero attached hydrogens (tertiary/aromatic N) is 2. The zero-order valence-corrected chi connectivity index (χ0v) is 13.1. The first-order valence-electron chi connectivity index (χ1n) is 7.46. The first-order valence-corrected chi connectivity index (χ1v) is 7.46. The van der Waals surface area contributed by atoms with Crippen molar-refractivity contribution >= 4 is 11.9 Å². The average Bonchev–Trinajstić information content (AvgIpc) is 2.97. The summed E-state index contributed by atoms with van der Waals surface area (Å²) in [5, 5.41) is 15.5. The predicted octanol–water partition coefficient (Wildman–Crippen LogP) is 2.42. The average molecular weight is 317 g/mol. The summed E-state index contributed by atoms with van der Waals surface area (Å²) in [4.78, 5) is 27.8. The van der Waals surface area contributed by atoms with Crippen molar-refractivity contribution in [2.45, 2.75) is 39.2 Å². The lowest BCUT2D eigenvalue weighted by atomic mass is 10.1. The van der Waals surface area contributed by atoms with Crippen LogP contribution in [0.15, 0.2) is 28.8 Å². The number of unbranched alkanes of at least 4 members (excludes halogenated alkanes) is 1. The zero-order chi connectivity index (χ0) is 16.8. The molecule has 1 aromatic carbocycles. The first kappa shape index (κ1) is 16.7. The van der Waals surface area contributed by atoms with Gasteiger partial charge in [-0.05, 0) is 25.5 Å². The quantitative estimate of drug-likeness (QED) is 0.812. The molecule has 0 saturated heterocycles. The van der Waals surface area contributed by atoms with Gasteiger partial charge in [-0.2, -0.15) is 4.98 Å². The summed E-state index contributed by atoms with van der Waals surface area (Å²) in [5.74, 6) is -0.826. The van der Waals surface area contributed by atoms with Gasteiger partial charge < -0.3 is 14.9 Å². The van der Waals surface area contributed by atoms with Crippen molar-refractivity contribution in [1.82, 2.24) is 15.5 Å². The number of aryl methyl sites for hydroxylation is 1. The molecule has 0 fully saturated rings. The van der Waals surface area contributed by atoms with Gasteiger partial charge in [0, 0.05) is 0 Å². The summed E-state index contributed by atoms with van der Waals surface area (Å²) in [6, 6.07) is 5.81. The Bertz CT molecular complexity index is 696. The Kier molecular flexibility index (Phi) is 5.46. The van der Waals surface area contributed by atoms with Crippen LogP contribution in [0.2, 0.25) is 0 Å². The number of aromatic nitrogens is 2. The molecular formula is C16H19N3O4. The molecular weight excluding hydrogens is 298 g/mol. The zero-order valence-electron chi connectivity index (χ0n) is 13.1. The third-order valence-corrected chi connectivity index (χ3v) is 3.38. The fourth-order valence-electron chi connectivity index (χ4n) is 2.18. The number of aliphatic carboxylic acids is 1. The topological polar surface area (TPSA) is 105 Å². The Balaban J connectivity index is 2.24. The molecule has 1 unspecified atom stereocenters. The van der Waals surface area contributed by atoms with Crippen molar-refractivity contribution in [3.63, 3.8) is 0 Å². The molecule has 0 bridgehead atoms. The summed E-state index contributed by atoms with van der Waals surface area (Å²) >= 11 is 0. The van der Waals surface area contributed by atoms with E-state index in [0.717, 1.165) is 12.8 Å². The maximum Gasteiger partial charge on any atom is 0.326 e. The van der Waals surface area contributed by atoms with Gasteiger partial charge in [-0.25, -0.2) is 4.79 Å². The molecule has 2 N–H and O–H groups in total. The van der Waals surface area contributed by atoms with E-state index in [2.05, 4.69) is 15.5 Å². The second-order valence-corrected chi connectivity index (χ2v) is 5.20. The standard InChI is InChI=1S/C16H19N3O4/c1-3-4-9-13(16(21)22)18-14(20)11-7-5-6-8-12(11)15-17-10(2)19-23-15/h5-8,13H,3-4,9H2,1-2H3,(H,18,20)(H,21,22). The van der Waals surface area contributed by atoms with E-state index in [1.165, 1.54) is 0 Å². The van der Waals surface area contributed by atoms with E-state index in [4.69, 9.17) is 4.52 Å². The van der Waals surface area contributed by atoms with Crippen LogP contribution in [0.25, 0.3) is 11.5 Å². The lowest BCUT2D eigenvalue weighted by Gasteiger charge is -2.15. The van der Waals surface area contributed by atoms with Gasteiger partial charge in [-0.1, -0.05) is 37.1 Å². The van der Waals surface area contributed by atoms with Crippen LogP contribution >= 0.6 is 0 Å². The van der Waals surface area contributed by atoms with Gasteiger partial charge in [0.2, 0.25) is 0 Å². The Morgan fingerprint density at radius 2 is 2.09 bits per heavy atom. The molecule has 1 amide bonds. The molecule has 1 heterocycles. The molecule has 2 rings (SSSR count). The smallest absolute Gasteiger partial charge is 0.326 e. The van der Waals surface area contributed by atoms with Crippen LogP contribution < -0.4 is 5.32 Å². The largest absolute Gasteiger partial charge is 0.480 e. The van der Waals surface area contributed by atoms with E-state index in [1.807, 2.05) is 6.92 Å². The van der Waals surface area contributed by atoms with Crippen molar-refractivity contribution in [3.8, 4) is 11.5 Å². The molecule has 7 heteroatoms. The minimum atomic E-state index is -1.04. The van der Waals surface area contributed by atoms with Gasteiger partial charge in [0.05, 0.1) is 11.1 Å².